The number of ether oxygens (including phenoxy) is 1. The monoisotopic (exact) mass is 389 g/mol. The molecule has 2 aromatic rings. The first kappa shape index (κ1) is 12.9. The van der Waals surface area contributed by atoms with Crippen LogP contribution in [0.2, 0.25) is 0 Å². The van der Waals surface area contributed by atoms with Gasteiger partial charge in [-0.3, -0.25) is 0 Å². The lowest BCUT2D eigenvalue weighted by Gasteiger charge is -2.13. The maximum absolute atomic E-state index is 13.7. The molecule has 0 atom stereocenters. The van der Waals surface area contributed by atoms with Gasteiger partial charge in [-0.05, 0) is 34.7 Å². The van der Waals surface area contributed by atoms with Crippen molar-refractivity contribution in [2.24, 2.45) is 0 Å². The Hall–Kier alpha value is -1.12. The summed E-state index contributed by atoms with van der Waals surface area (Å²) in [5.74, 6) is 0.481. The molecule has 0 bridgehead atoms. The fourth-order valence-corrected chi connectivity index (χ4v) is 3.77. The van der Waals surface area contributed by atoms with Crippen LogP contribution in [0, 0.1) is 8.70 Å². The number of nitrogens with two attached hydrogens (primary N) is 2. The molecule has 0 radical (unpaired) electrons. The van der Waals surface area contributed by atoms with Gasteiger partial charge in [0.1, 0.15) is 11.4 Å². The van der Waals surface area contributed by atoms with Crippen LogP contribution >= 0.6 is 33.9 Å². The first-order valence-electron chi connectivity index (χ1n) is 5.69. The highest BCUT2D eigenvalue weighted by Gasteiger charge is 2.22. The van der Waals surface area contributed by atoms with Crippen molar-refractivity contribution in [1.29, 1.82) is 0 Å². The van der Waals surface area contributed by atoms with Gasteiger partial charge in [0.25, 0.3) is 0 Å². The Morgan fingerprint density at radius 1 is 1.37 bits per heavy atom. The highest BCUT2D eigenvalue weighted by Crippen LogP contribution is 2.35. The maximum atomic E-state index is 13.7. The third-order valence-electron chi connectivity index (χ3n) is 2.77. The number of quaternary nitrogens is 1. The Kier molecular flexibility index (Phi) is 3.46. The van der Waals surface area contributed by atoms with Gasteiger partial charge in [-0.2, -0.15) is 0 Å². The molecular weight excluding hydrogens is 378 g/mol. The Bertz CT molecular complexity index is 669. The van der Waals surface area contributed by atoms with Crippen LogP contribution in [0.15, 0.2) is 30.3 Å². The van der Waals surface area contributed by atoms with Gasteiger partial charge in [-0.15, -0.1) is 11.3 Å². The van der Waals surface area contributed by atoms with E-state index in [1.54, 1.807) is 23.5 Å². The van der Waals surface area contributed by atoms with Crippen molar-refractivity contribution >= 4 is 51.1 Å². The zero-order chi connectivity index (χ0) is 13.4. The van der Waals surface area contributed by atoms with Crippen molar-refractivity contribution in [3.63, 3.8) is 0 Å². The summed E-state index contributed by atoms with van der Waals surface area (Å²) in [4.78, 5) is 1.05. The fraction of sp³-hybridized carbons (Fsp3) is 0.0769. The molecule has 0 saturated carbocycles. The van der Waals surface area contributed by atoms with Gasteiger partial charge in [0.05, 0.1) is 2.88 Å². The standard InChI is InChI=1S/C13H10FIN2OS/c14-8-5-7(16)1-2-10(8)18-11-3-4-17-9-6-12(15)19-13(9)11/h1-3,5-6,17H,4,16H2/p+1. The van der Waals surface area contributed by atoms with Crippen molar-refractivity contribution in [3.05, 3.63) is 43.9 Å². The van der Waals surface area contributed by atoms with Crippen molar-refractivity contribution in [2.75, 3.05) is 12.3 Å². The lowest BCUT2D eigenvalue weighted by Crippen LogP contribution is -2.78. The minimum Gasteiger partial charge on any atom is -0.453 e. The van der Waals surface area contributed by atoms with Crippen LogP contribution in [0.25, 0.3) is 5.76 Å². The largest absolute Gasteiger partial charge is 0.453 e. The van der Waals surface area contributed by atoms with Gasteiger partial charge in [-0.25, -0.2) is 4.39 Å². The number of halogens is 2. The summed E-state index contributed by atoms with van der Waals surface area (Å²) in [5, 5.41) is 2.14. The zero-order valence-electron chi connectivity index (χ0n) is 9.82. The average molecular weight is 389 g/mol. The average Bonchev–Trinajstić information content (AvgIpc) is 2.74. The van der Waals surface area contributed by atoms with Crippen molar-refractivity contribution in [2.45, 2.75) is 0 Å². The molecule has 0 saturated heterocycles. The van der Waals surface area contributed by atoms with Crippen molar-refractivity contribution < 1.29 is 14.4 Å². The van der Waals surface area contributed by atoms with Crippen LogP contribution in [-0.2, 0) is 0 Å². The molecule has 4 N–H and O–H groups in total. The summed E-state index contributed by atoms with van der Waals surface area (Å²) in [7, 11) is 0. The quantitative estimate of drug-likeness (QED) is 0.613. The van der Waals surface area contributed by atoms with Gasteiger partial charge >= 0.3 is 0 Å². The van der Waals surface area contributed by atoms with Crippen molar-refractivity contribution in [3.8, 4) is 5.75 Å². The highest BCUT2D eigenvalue weighted by atomic mass is 127. The molecule has 1 aliphatic heterocycles. The second kappa shape index (κ2) is 5.10. The molecule has 0 unspecified atom stereocenters. The molecule has 19 heavy (non-hydrogen) atoms. The third kappa shape index (κ3) is 2.60. The molecule has 2 heterocycles. The van der Waals surface area contributed by atoms with Crippen LogP contribution in [-0.4, -0.2) is 6.54 Å². The number of rotatable bonds is 2. The third-order valence-corrected chi connectivity index (χ3v) is 4.70. The number of anilines is 1. The summed E-state index contributed by atoms with van der Waals surface area (Å²) in [6, 6.07) is 6.56. The fourth-order valence-electron chi connectivity index (χ4n) is 1.91. The first-order valence-corrected chi connectivity index (χ1v) is 7.59. The minimum atomic E-state index is -0.441. The van der Waals surface area contributed by atoms with E-state index < -0.39 is 5.82 Å². The van der Waals surface area contributed by atoms with Crippen LogP contribution in [0.1, 0.15) is 4.88 Å². The summed E-state index contributed by atoms with van der Waals surface area (Å²) in [6.45, 7) is 0.797. The van der Waals surface area contributed by atoms with Crippen LogP contribution < -0.4 is 15.8 Å². The molecule has 0 amide bonds. The summed E-state index contributed by atoms with van der Waals surface area (Å²) < 4.78 is 20.6. The topological polar surface area (TPSA) is 51.9 Å². The van der Waals surface area contributed by atoms with Crippen LogP contribution in [0.3, 0.4) is 0 Å². The number of nitrogen functional groups attached to an aromatic ring is 1. The summed E-state index contributed by atoms with van der Waals surface area (Å²) in [5.41, 5.74) is 7.07. The zero-order valence-corrected chi connectivity index (χ0v) is 12.8. The van der Waals surface area contributed by atoms with Crippen molar-refractivity contribution in [1.82, 2.24) is 0 Å². The van der Waals surface area contributed by atoms with Crippen LogP contribution in [0.4, 0.5) is 15.8 Å². The molecule has 0 spiro atoms. The Labute approximate surface area is 127 Å². The van der Waals surface area contributed by atoms with E-state index in [0.29, 0.717) is 11.4 Å². The Balaban J connectivity index is 1.93. The second-order valence-electron chi connectivity index (χ2n) is 4.14. The molecule has 1 aromatic carbocycles. The molecule has 6 heteroatoms. The Morgan fingerprint density at radius 2 is 2.21 bits per heavy atom. The van der Waals surface area contributed by atoms with E-state index in [-0.39, 0.29) is 5.75 Å². The summed E-state index contributed by atoms with van der Waals surface area (Å²) in [6.07, 6.45) is 1.96. The van der Waals surface area contributed by atoms with Gasteiger partial charge in [0.2, 0.25) is 0 Å². The summed E-state index contributed by atoms with van der Waals surface area (Å²) >= 11 is 3.92. The van der Waals surface area contributed by atoms with E-state index in [9.17, 15) is 4.39 Å². The number of thiophene rings is 1. The Morgan fingerprint density at radius 3 is 3.00 bits per heavy atom. The molecule has 0 fully saturated rings. The van der Waals surface area contributed by atoms with E-state index in [2.05, 4.69) is 34.0 Å². The minimum absolute atomic E-state index is 0.205. The van der Waals surface area contributed by atoms with Gasteiger partial charge < -0.3 is 15.8 Å². The lowest BCUT2D eigenvalue weighted by atomic mass is 10.2. The van der Waals surface area contributed by atoms with E-state index in [0.717, 1.165) is 17.1 Å². The molecule has 1 aromatic heterocycles. The number of benzene rings is 1. The smallest absolute Gasteiger partial charge is 0.167 e. The number of hydrogen-bond donors (Lipinski definition) is 2. The van der Waals surface area contributed by atoms with Gasteiger partial charge in [-0.1, -0.05) is 0 Å². The molecule has 0 aliphatic carbocycles. The highest BCUT2D eigenvalue weighted by molar-refractivity contribution is 14.1. The SMILES string of the molecule is Nc1ccc(OC2=CC[NH2+]c3cc(I)sc32)c(F)c1. The second-order valence-corrected chi connectivity index (χ2v) is 7.08. The molecule has 3 rings (SSSR count). The van der Waals surface area contributed by atoms with Gasteiger partial charge in [0.15, 0.2) is 23.0 Å². The number of fused-ring (bicyclic) bond motifs is 1. The lowest BCUT2D eigenvalue weighted by molar-refractivity contribution is -0.562. The normalized spacial score (nSPS) is 13.9. The molecule has 3 nitrogen and oxygen atoms in total. The van der Waals surface area contributed by atoms with E-state index in [4.69, 9.17) is 10.5 Å². The van der Waals surface area contributed by atoms with Crippen LogP contribution in [0.5, 0.6) is 5.75 Å². The first-order chi connectivity index (χ1) is 9.13. The maximum Gasteiger partial charge on any atom is 0.167 e. The van der Waals surface area contributed by atoms with E-state index >= 15 is 0 Å². The molecule has 98 valence electrons. The predicted octanol–water partition coefficient (Wildman–Crippen LogP) is 2.70. The van der Waals surface area contributed by atoms with Gasteiger partial charge in [0, 0.05) is 23.9 Å². The predicted molar refractivity (Wildman–Crippen MR) is 82.9 cm³/mol. The van der Waals surface area contributed by atoms with E-state index in [1.807, 2.05) is 6.08 Å². The van der Waals surface area contributed by atoms with E-state index in [1.165, 1.54) is 8.95 Å². The molecule has 1 aliphatic rings. The number of hydrogen-bond acceptors (Lipinski definition) is 3. The molecular formula is C13H11FIN2OS+.